The smallest absolute Gasteiger partial charge is 0.416 e. The average Bonchev–Trinajstić information content (AvgIpc) is 3.56. The van der Waals surface area contributed by atoms with E-state index in [4.69, 9.17) is 16.3 Å². The number of hydrogen-bond acceptors (Lipinski definition) is 4. The summed E-state index contributed by atoms with van der Waals surface area (Å²) in [6.07, 6.45) is -0.541. The number of benzene rings is 3. The highest BCUT2D eigenvalue weighted by Gasteiger charge is 2.43. The van der Waals surface area contributed by atoms with Gasteiger partial charge in [0, 0.05) is 46.8 Å². The number of anilines is 1. The number of nitrogens with zero attached hydrogens (tertiary/aromatic N) is 3. The molecule has 0 saturated carbocycles. The Morgan fingerprint density at radius 3 is 2.50 bits per heavy atom. The number of halogens is 6. The molecule has 7 nitrogen and oxygen atoms in total. The van der Waals surface area contributed by atoms with E-state index in [-0.39, 0.29) is 45.7 Å². The number of fused-ring (bicyclic) bond motifs is 3. The standard InChI is InChI=1S/C31H20ClF5N4O3/c1-44-21-5-2-16(3-6-21)14-41-27(22-13-19(33)4-7-23(22)32)25-24(15-40-9-8-38-28(40)26(25)30(41)43)39-29(42)17-10-18(31(35,36)37)12-20(34)11-17/h2-13,15,27H,14H2,1H3,(H,39,42). The molecule has 0 aliphatic carbocycles. The van der Waals surface area contributed by atoms with Crippen LogP contribution in [0.3, 0.4) is 0 Å². The van der Waals surface area contributed by atoms with Crippen molar-refractivity contribution in [1.29, 1.82) is 0 Å². The van der Waals surface area contributed by atoms with Crippen LogP contribution in [0.4, 0.5) is 27.6 Å². The van der Waals surface area contributed by atoms with Crippen LogP contribution in [0.5, 0.6) is 5.75 Å². The zero-order chi connectivity index (χ0) is 31.3. The van der Waals surface area contributed by atoms with E-state index < -0.39 is 46.8 Å². The van der Waals surface area contributed by atoms with Gasteiger partial charge in [-0.25, -0.2) is 13.8 Å². The predicted octanol–water partition coefficient (Wildman–Crippen LogP) is 7.29. The Balaban J connectivity index is 1.52. The van der Waals surface area contributed by atoms with Crippen molar-refractivity contribution >= 4 is 34.7 Å². The summed E-state index contributed by atoms with van der Waals surface area (Å²) in [7, 11) is 1.51. The molecular weight excluding hydrogens is 607 g/mol. The second kappa shape index (κ2) is 10.9. The lowest BCUT2D eigenvalue weighted by molar-refractivity contribution is -0.137. The maximum Gasteiger partial charge on any atom is 0.416 e. The molecule has 2 amide bonds. The molecule has 1 atom stereocenters. The topological polar surface area (TPSA) is 75.9 Å². The van der Waals surface area contributed by atoms with Gasteiger partial charge in [-0.3, -0.25) is 9.59 Å². The van der Waals surface area contributed by atoms with Gasteiger partial charge in [0.1, 0.15) is 23.0 Å². The molecule has 13 heteroatoms. The summed E-state index contributed by atoms with van der Waals surface area (Å²) < 4.78 is 75.6. The van der Waals surface area contributed by atoms with E-state index in [1.54, 1.807) is 24.3 Å². The SMILES string of the molecule is COc1ccc(CN2C(=O)c3c(c(NC(=O)c4cc(F)cc(C(F)(F)F)c4)cn4ccnc34)C2c2cc(F)ccc2Cl)cc1. The fraction of sp³-hybridized carbons (Fsp3) is 0.129. The first-order chi connectivity index (χ1) is 20.9. The molecule has 0 radical (unpaired) electrons. The molecule has 0 spiro atoms. The van der Waals surface area contributed by atoms with Crippen LogP contribution >= 0.6 is 11.6 Å². The third-order valence-electron chi connectivity index (χ3n) is 7.28. The first kappa shape index (κ1) is 29.1. The Morgan fingerprint density at radius 1 is 1.05 bits per heavy atom. The van der Waals surface area contributed by atoms with Crippen LogP contribution in [-0.2, 0) is 12.7 Å². The molecule has 1 aliphatic rings. The highest BCUT2D eigenvalue weighted by molar-refractivity contribution is 6.31. The average molecular weight is 627 g/mol. The molecule has 44 heavy (non-hydrogen) atoms. The molecule has 1 aliphatic heterocycles. The van der Waals surface area contributed by atoms with Crippen molar-refractivity contribution in [2.24, 2.45) is 0 Å². The molecule has 1 unspecified atom stereocenters. The fourth-order valence-corrected chi connectivity index (χ4v) is 5.52. The third kappa shape index (κ3) is 5.21. The van der Waals surface area contributed by atoms with Gasteiger partial charge in [0.2, 0.25) is 0 Å². The Labute approximate surface area is 251 Å². The third-order valence-corrected chi connectivity index (χ3v) is 7.62. The molecule has 2 aromatic heterocycles. The van der Waals surface area contributed by atoms with E-state index in [9.17, 15) is 31.5 Å². The van der Waals surface area contributed by atoms with Crippen LogP contribution in [0.25, 0.3) is 5.65 Å². The highest BCUT2D eigenvalue weighted by atomic mass is 35.5. The van der Waals surface area contributed by atoms with Gasteiger partial charge in [0.25, 0.3) is 11.8 Å². The minimum atomic E-state index is -4.90. The lowest BCUT2D eigenvalue weighted by Crippen LogP contribution is -2.29. The van der Waals surface area contributed by atoms with Gasteiger partial charge in [-0.05, 0) is 54.1 Å². The van der Waals surface area contributed by atoms with Gasteiger partial charge in [-0.2, -0.15) is 13.2 Å². The van der Waals surface area contributed by atoms with E-state index in [0.29, 0.717) is 23.4 Å². The lowest BCUT2D eigenvalue weighted by atomic mass is 9.96. The fourth-order valence-electron chi connectivity index (χ4n) is 5.30. The molecule has 224 valence electrons. The molecular formula is C31H20ClF5N4O3. The zero-order valence-electron chi connectivity index (χ0n) is 22.6. The number of carbonyl (C=O) groups excluding carboxylic acids is 2. The molecule has 1 N–H and O–H groups in total. The van der Waals surface area contributed by atoms with Crippen LogP contribution in [0, 0.1) is 11.6 Å². The first-order valence-corrected chi connectivity index (χ1v) is 13.4. The number of hydrogen-bond donors (Lipinski definition) is 1. The van der Waals surface area contributed by atoms with E-state index in [0.717, 1.165) is 6.07 Å². The number of pyridine rings is 1. The van der Waals surface area contributed by atoms with Crippen molar-refractivity contribution in [3.05, 3.63) is 129 Å². The Kier molecular flexibility index (Phi) is 7.24. The summed E-state index contributed by atoms with van der Waals surface area (Å²) in [5.74, 6) is -2.89. The van der Waals surface area contributed by atoms with Crippen LogP contribution in [0.2, 0.25) is 5.02 Å². The van der Waals surface area contributed by atoms with Crippen molar-refractivity contribution in [3.8, 4) is 5.75 Å². The number of alkyl halides is 3. The molecule has 5 aromatic rings. The van der Waals surface area contributed by atoms with Crippen LogP contribution < -0.4 is 10.1 Å². The van der Waals surface area contributed by atoms with Crippen molar-refractivity contribution < 1.29 is 36.3 Å². The van der Waals surface area contributed by atoms with Crippen molar-refractivity contribution in [2.45, 2.75) is 18.8 Å². The first-order valence-electron chi connectivity index (χ1n) is 13.0. The number of imidazole rings is 1. The lowest BCUT2D eigenvalue weighted by Gasteiger charge is -2.27. The monoisotopic (exact) mass is 626 g/mol. The summed E-state index contributed by atoms with van der Waals surface area (Å²) in [4.78, 5) is 33.2. The Bertz CT molecular complexity index is 1940. The van der Waals surface area contributed by atoms with Crippen molar-refractivity contribution in [3.63, 3.8) is 0 Å². The minimum Gasteiger partial charge on any atom is -0.497 e. The quantitative estimate of drug-likeness (QED) is 0.201. The van der Waals surface area contributed by atoms with Crippen LogP contribution in [-0.4, -0.2) is 33.2 Å². The molecule has 3 aromatic carbocycles. The predicted molar refractivity (Wildman–Crippen MR) is 151 cm³/mol. The van der Waals surface area contributed by atoms with Crippen molar-refractivity contribution in [2.75, 3.05) is 12.4 Å². The maximum atomic E-state index is 14.6. The molecule has 6 rings (SSSR count). The van der Waals surface area contributed by atoms with E-state index >= 15 is 0 Å². The van der Waals surface area contributed by atoms with Gasteiger partial charge in [-0.15, -0.1) is 0 Å². The molecule has 0 fully saturated rings. The second-order valence-corrected chi connectivity index (χ2v) is 10.4. The number of nitrogens with one attached hydrogen (secondary N) is 1. The van der Waals surface area contributed by atoms with Crippen LogP contribution in [0.1, 0.15) is 49.0 Å². The normalized spacial score (nSPS) is 14.7. The summed E-state index contributed by atoms with van der Waals surface area (Å²) >= 11 is 6.55. The van der Waals surface area contributed by atoms with Crippen molar-refractivity contribution in [1.82, 2.24) is 14.3 Å². The summed E-state index contributed by atoms with van der Waals surface area (Å²) in [6.45, 7) is 0.0219. The number of amides is 2. The second-order valence-electron chi connectivity index (χ2n) is 10.0. The molecule has 3 heterocycles. The molecule has 0 bridgehead atoms. The maximum absolute atomic E-state index is 14.6. The van der Waals surface area contributed by atoms with Gasteiger partial charge in [-0.1, -0.05) is 23.7 Å². The number of carbonyl (C=O) groups is 2. The minimum absolute atomic E-state index is 0.00392. The van der Waals surface area contributed by atoms with E-state index in [1.165, 1.54) is 47.1 Å². The highest BCUT2D eigenvalue weighted by Crippen LogP contribution is 2.47. The zero-order valence-corrected chi connectivity index (χ0v) is 23.4. The Morgan fingerprint density at radius 2 is 1.80 bits per heavy atom. The summed E-state index contributed by atoms with van der Waals surface area (Å²) in [5.41, 5.74) is -0.568. The number of rotatable bonds is 6. The summed E-state index contributed by atoms with van der Waals surface area (Å²) in [6, 6.07) is 11.0. The Hall–Kier alpha value is -4.97. The van der Waals surface area contributed by atoms with Gasteiger partial charge in [0.05, 0.1) is 30.0 Å². The van der Waals surface area contributed by atoms with E-state index in [2.05, 4.69) is 10.3 Å². The van der Waals surface area contributed by atoms with E-state index in [1.807, 2.05) is 0 Å². The summed E-state index contributed by atoms with van der Waals surface area (Å²) in [5, 5.41) is 2.67. The number of methoxy groups -OCH3 is 1. The number of ether oxygens (including phenoxy) is 1. The van der Waals surface area contributed by atoms with Crippen LogP contribution in [0.15, 0.2) is 79.3 Å². The van der Waals surface area contributed by atoms with Gasteiger partial charge in [0.15, 0.2) is 0 Å². The van der Waals surface area contributed by atoms with Gasteiger partial charge < -0.3 is 19.4 Å². The number of aromatic nitrogens is 2. The molecule has 0 saturated heterocycles. The largest absolute Gasteiger partial charge is 0.497 e. The van der Waals surface area contributed by atoms with Gasteiger partial charge >= 0.3 is 6.18 Å².